The van der Waals surface area contributed by atoms with E-state index in [-0.39, 0.29) is 0 Å². The number of benzene rings is 1. The Balaban J connectivity index is 2.37. The van der Waals surface area contributed by atoms with Gasteiger partial charge in [0.25, 0.3) is 0 Å². The van der Waals surface area contributed by atoms with Crippen molar-refractivity contribution in [2.24, 2.45) is 0 Å². The molecule has 0 saturated heterocycles. The smallest absolute Gasteiger partial charge is 0.323 e. The van der Waals surface area contributed by atoms with Crippen molar-refractivity contribution in [2.75, 3.05) is 13.2 Å². The summed E-state index contributed by atoms with van der Waals surface area (Å²) < 4.78 is 5.78. The normalized spacial score (nSPS) is 13.7. The molecule has 1 aromatic rings. The van der Waals surface area contributed by atoms with Crippen LogP contribution < -0.4 is 10.1 Å². The van der Waals surface area contributed by atoms with Crippen LogP contribution in [0.25, 0.3) is 0 Å². The minimum Gasteiger partial charge on any atom is -0.493 e. The highest BCUT2D eigenvalue weighted by Gasteiger charge is 2.30. The van der Waals surface area contributed by atoms with E-state index >= 15 is 0 Å². The van der Waals surface area contributed by atoms with Crippen LogP contribution in [0.5, 0.6) is 5.75 Å². The average Bonchev–Trinajstić information content (AvgIpc) is 2.42. The first-order chi connectivity index (χ1) is 9.89. The van der Waals surface area contributed by atoms with E-state index in [0.717, 1.165) is 24.2 Å². The third kappa shape index (κ3) is 5.38. The highest BCUT2D eigenvalue weighted by molar-refractivity contribution is 5.78. The van der Waals surface area contributed by atoms with Gasteiger partial charge in [-0.1, -0.05) is 19.1 Å². The second-order valence-corrected chi connectivity index (χ2v) is 5.74. The van der Waals surface area contributed by atoms with Gasteiger partial charge in [-0.2, -0.15) is 0 Å². The van der Waals surface area contributed by atoms with Crippen molar-refractivity contribution >= 4 is 5.97 Å². The molecule has 0 heterocycles. The van der Waals surface area contributed by atoms with Crippen LogP contribution in [-0.4, -0.2) is 29.8 Å². The van der Waals surface area contributed by atoms with Gasteiger partial charge in [0.15, 0.2) is 0 Å². The van der Waals surface area contributed by atoms with E-state index in [4.69, 9.17) is 4.74 Å². The summed E-state index contributed by atoms with van der Waals surface area (Å²) >= 11 is 0. The molecule has 4 heteroatoms. The van der Waals surface area contributed by atoms with Gasteiger partial charge in [0.2, 0.25) is 0 Å². The SMILES string of the molecule is CCNC(C)(CCCCOc1cc(C)ccc1C)C(=O)O. The van der Waals surface area contributed by atoms with Crippen molar-refractivity contribution in [1.29, 1.82) is 0 Å². The van der Waals surface area contributed by atoms with Gasteiger partial charge in [-0.25, -0.2) is 0 Å². The maximum absolute atomic E-state index is 11.3. The molecular formula is C17H27NO3. The fourth-order valence-corrected chi connectivity index (χ4v) is 2.29. The van der Waals surface area contributed by atoms with Crippen molar-refractivity contribution in [3.05, 3.63) is 29.3 Å². The molecule has 2 N–H and O–H groups in total. The van der Waals surface area contributed by atoms with Crippen LogP contribution in [0.1, 0.15) is 44.2 Å². The molecule has 1 aromatic carbocycles. The Hall–Kier alpha value is -1.55. The molecule has 0 bridgehead atoms. The number of ether oxygens (including phenoxy) is 1. The zero-order chi connectivity index (χ0) is 15.9. The molecule has 1 unspecified atom stereocenters. The third-order valence-corrected chi connectivity index (χ3v) is 3.71. The number of hydrogen-bond donors (Lipinski definition) is 2. The Bertz CT molecular complexity index is 473. The lowest BCUT2D eigenvalue weighted by Gasteiger charge is -2.25. The van der Waals surface area contributed by atoms with E-state index in [2.05, 4.69) is 17.4 Å². The number of rotatable bonds is 9. The molecule has 0 radical (unpaired) electrons. The molecule has 4 nitrogen and oxygen atoms in total. The largest absolute Gasteiger partial charge is 0.493 e. The second-order valence-electron chi connectivity index (χ2n) is 5.74. The average molecular weight is 293 g/mol. The highest BCUT2D eigenvalue weighted by atomic mass is 16.5. The van der Waals surface area contributed by atoms with Gasteiger partial charge in [-0.3, -0.25) is 4.79 Å². The topological polar surface area (TPSA) is 58.6 Å². The number of aryl methyl sites for hydroxylation is 2. The van der Waals surface area contributed by atoms with Gasteiger partial charge in [0.1, 0.15) is 11.3 Å². The lowest BCUT2D eigenvalue weighted by molar-refractivity contribution is -0.144. The van der Waals surface area contributed by atoms with Crippen LogP contribution in [-0.2, 0) is 4.79 Å². The summed E-state index contributed by atoms with van der Waals surface area (Å²) in [7, 11) is 0. The summed E-state index contributed by atoms with van der Waals surface area (Å²) in [5, 5.41) is 12.3. The first-order valence-corrected chi connectivity index (χ1v) is 7.57. The Morgan fingerprint density at radius 3 is 2.67 bits per heavy atom. The lowest BCUT2D eigenvalue weighted by atomic mass is 9.95. The maximum atomic E-state index is 11.3. The summed E-state index contributed by atoms with van der Waals surface area (Å²) in [6, 6.07) is 6.16. The molecule has 0 aliphatic heterocycles. The number of unbranched alkanes of at least 4 members (excludes halogenated alkanes) is 1. The molecular weight excluding hydrogens is 266 g/mol. The fraction of sp³-hybridized carbons (Fsp3) is 0.588. The van der Waals surface area contributed by atoms with E-state index in [1.807, 2.05) is 26.8 Å². The molecule has 21 heavy (non-hydrogen) atoms. The van der Waals surface area contributed by atoms with E-state index < -0.39 is 11.5 Å². The van der Waals surface area contributed by atoms with Gasteiger partial charge in [0, 0.05) is 0 Å². The number of hydrogen-bond acceptors (Lipinski definition) is 3. The zero-order valence-electron chi connectivity index (χ0n) is 13.5. The van der Waals surface area contributed by atoms with E-state index in [1.165, 1.54) is 5.56 Å². The summed E-state index contributed by atoms with van der Waals surface area (Å²) in [5.74, 6) is 0.127. The van der Waals surface area contributed by atoms with Crippen molar-refractivity contribution in [3.63, 3.8) is 0 Å². The molecule has 0 spiro atoms. The Kier molecular flexibility index (Phi) is 6.69. The van der Waals surface area contributed by atoms with Crippen LogP contribution >= 0.6 is 0 Å². The molecule has 0 aliphatic rings. The highest BCUT2D eigenvalue weighted by Crippen LogP contribution is 2.20. The minimum atomic E-state index is -0.839. The van der Waals surface area contributed by atoms with Crippen LogP contribution in [0, 0.1) is 13.8 Å². The predicted molar refractivity (Wildman–Crippen MR) is 85.0 cm³/mol. The summed E-state index contributed by atoms with van der Waals surface area (Å²) in [4.78, 5) is 11.3. The fourth-order valence-electron chi connectivity index (χ4n) is 2.29. The van der Waals surface area contributed by atoms with Gasteiger partial charge >= 0.3 is 5.97 Å². The first-order valence-electron chi connectivity index (χ1n) is 7.57. The minimum absolute atomic E-state index is 0.604. The second kappa shape index (κ2) is 8.03. The summed E-state index contributed by atoms with van der Waals surface area (Å²) in [5.41, 5.74) is 1.47. The Morgan fingerprint density at radius 1 is 1.33 bits per heavy atom. The first kappa shape index (κ1) is 17.5. The number of carboxylic acids is 1. The van der Waals surface area contributed by atoms with E-state index in [0.29, 0.717) is 19.6 Å². The predicted octanol–water partition coefficient (Wildman–Crippen LogP) is 3.31. The van der Waals surface area contributed by atoms with E-state index in [9.17, 15) is 9.90 Å². The molecule has 0 aromatic heterocycles. The number of nitrogens with one attached hydrogen (secondary N) is 1. The monoisotopic (exact) mass is 293 g/mol. The van der Waals surface area contributed by atoms with Crippen molar-refractivity contribution in [3.8, 4) is 5.75 Å². The van der Waals surface area contributed by atoms with Crippen LogP contribution in [0.2, 0.25) is 0 Å². The standard InChI is InChI=1S/C17H27NO3/c1-5-18-17(4,16(19)20)10-6-7-11-21-15-12-13(2)8-9-14(15)3/h8-9,12,18H,5-7,10-11H2,1-4H3,(H,19,20). The van der Waals surface area contributed by atoms with E-state index in [1.54, 1.807) is 6.92 Å². The molecule has 0 amide bonds. The molecule has 0 fully saturated rings. The Morgan fingerprint density at radius 2 is 2.05 bits per heavy atom. The number of carboxylic acid groups (broad SMARTS) is 1. The number of likely N-dealkylation sites (N-methyl/N-ethyl adjacent to an activating group) is 1. The van der Waals surface area contributed by atoms with Gasteiger partial charge in [-0.05, 0) is 63.8 Å². The van der Waals surface area contributed by atoms with Crippen molar-refractivity contribution < 1.29 is 14.6 Å². The summed E-state index contributed by atoms with van der Waals surface area (Å²) in [6.45, 7) is 9.01. The lowest BCUT2D eigenvalue weighted by Crippen LogP contribution is -2.49. The molecule has 0 aliphatic carbocycles. The third-order valence-electron chi connectivity index (χ3n) is 3.71. The van der Waals surface area contributed by atoms with Gasteiger partial charge < -0.3 is 15.2 Å². The van der Waals surface area contributed by atoms with Crippen LogP contribution in [0.4, 0.5) is 0 Å². The Labute approximate surface area is 127 Å². The molecule has 1 atom stereocenters. The molecule has 1 rings (SSSR count). The van der Waals surface area contributed by atoms with Crippen molar-refractivity contribution in [2.45, 2.75) is 52.5 Å². The van der Waals surface area contributed by atoms with Gasteiger partial charge in [-0.15, -0.1) is 0 Å². The van der Waals surface area contributed by atoms with Crippen LogP contribution in [0.3, 0.4) is 0 Å². The quantitative estimate of drug-likeness (QED) is 0.686. The van der Waals surface area contributed by atoms with Crippen LogP contribution in [0.15, 0.2) is 18.2 Å². The molecule has 0 saturated carbocycles. The zero-order valence-corrected chi connectivity index (χ0v) is 13.5. The molecule has 118 valence electrons. The van der Waals surface area contributed by atoms with Gasteiger partial charge in [0.05, 0.1) is 6.61 Å². The van der Waals surface area contributed by atoms with Crippen molar-refractivity contribution in [1.82, 2.24) is 5.32 Å². The maximum Gasteiger partial charge on any atom is 0.323 e. The number of aliphatic carboxylic acids is 1. The number of carbonyl (C=O) groups is 1. The summed E-state index contributed by atoms with van der Waals surface area (Å²) in [6.07, 6.45) is 2.27.